The number of nitrogens with one attached hydrogen (secondary N) is 2. The summed E-state index contributed by atoms with van der Waals surface area (Å²) in [5.41, 5.74) is 1.89. The first-order valence-corrected chi connectivity index (χ1v) is 9.23. The average molecular weight is 393 g/mol. The van der Waals surface area contributed by atoms with Crippen LogP contribution in [0.3, 0.4) is 0 Å². The maximum Gasteiger partial charge on any atom is 0.410 e. The van der Waals surface area contributed by atoms with Crippen LogP contribution in [0.4, 0.5) is 4.79 Å². The minimum Gasteiger partial charge on any atom is -0.448 e. The molecular weight excluding hydrogens is 370 g/mol. The summed E-state index contributed by atoms with van der Waals surface area (Å²) in [7, 11) is 1.59. The maximum atomic E-state index is 12.6. The van der Waals surface area contributed by atoms with Gasteiger partial charge in [0, 0.05) is 19.2 Å². The Kier molecular flexibility index (Phi) is 5.18. The highest BCUT2D eigenvalue weighted by atomic mass is 16.6. The third kappa shape index (κ3) is 3.54. The van der Waals surface area contributed by atoms with E-state index in [0.717, 1.165) is 11.3 Å². The summed E-state index contributed by atoms with van der Waals surface area (Å²) >= 11 is 0. The second-order valence-electron chi connectivity index (χ2n) is 7.02. The van der Waals surface area contributed by atoms with Crippen molar-refractivity contribution in [2.24, 2.45) is 0 Å². The van der Waals surface area contributed by atoms with Crippen molar-refractivity contribution in [1.82, 2.24) is 25.3 Å². The van der Waals surface area contributed by atoms with Gasteiger partial charge in [-0.2, -0.15) is 5.10 Å². The predicted molar refractivity (Wildman–Crippen MR) is 93.5 cm³/mol. The average Bonchev–Trinajstić information content (AvgIpc) is 3.41. The number of methoxy groups -OCH3 is 1. The van der Waals surface area contributed by atoms with Gasteiger partial charge < -0.3 is 24.4 Å². The monoisotopic (exact) mass is 393 g/mol. The quantitative estimate of drug-likeness (QED) is 0.650. The van der Waals surface area contributed by atoms with Gasteiger partial charge in [-0.15, -0.1) is 0 Å². The van der Waals surface area contributed by atoms with Crippen molar-refractivity contribution in [3.8, 4) is 0 Å². The summed E-state index contributed by atoms with van der Waals surface area (Å²) in [6, 6.07) is -0.216. The number of aromatic nitrogens is 2. The number of hydrogen-bond donors (Lipinski definition) is 2. The normalized spacial score (nSPS) is 24.2. The summed E-state index contributed by atoms with van der Waals surface area (Å²) in [6.45, 7) is 2.36. The number of fused-ring (bicyclic) bond motifs is 1. The zero-order valence-corrected chi connectivity index (χ0v) is 15.6. The van der Waals surface area contributed by atoms with E-state index in [9.17, 15) is 14.4 Å². The number of amides is 3. The standard InChI is InChI=1S/C17H23N5O6/c1-26-13-9-27-8-12(13)18-16(24)15-10-2-3-21(6-11(10)19-20-15)14(23)7-22-4-5-28-17(22)25/h12-13H,2-9H2,1H3,(H,18,24)(H,19,20)/t12-,13-/m0/s1. The molecule has 28 heavy (non-hydrogen) atoms. The second kappa shape index (κ2) is 7.76. The predicted octanol–water partition coefficient (Wildman–Crippen LogP) is -1.11. The minimum absolute atomic E-state index is 0.00423. The van der Waals surface area contributed by atoms with E-state index >= 15 is 0 Å². The fraction of sp³-hybridized carbons (Fsp3) is 0.647. The van der Waals surface area contributed by atoms with Gasteiger partial charge in [0.05, 0.1) is 38.0 Å². The van der Waals surface area contributed by atoms with Crippen molar-refractivity contribution in [3.05, 3.63) is 17.0 Å². The van der Waals surface area contributed by atoms with Crippen molar-refractivity contribution in [2.75, 3.05) is 46.6 Å². The molecule has 1 aromatic rings. The lowest BCUT2D eigenvalue weighted by Crippen LogP contribution is -2.44. The van der Waals surface area contributed by atoms with Gasteiger partial charge in [0.1, 0.15) is 19.3 Å². The molecule has 2 atom stereocenters. The van der Waals surface area contributed by atoms with E-state index in [1.165, 1.54) is 4.90 Å². The van der Waals surface area contributed by atoms with Crippen LogP contribution in [-0.4, -0.2) is 96.6 Å². The smallest absolute Gasteiger partial charge is 0.410 e. The van der Waals surface area contributed by atoms with Gasteiger partial charge in [-0.25, -0.2) is 4.79 Å². The zero-order chi connectivity index (χ0) is 19.7. The van der Waals surface area contributed by atoms with Crippen LogP contribution < -0.4 is 5.32 Å². The minimum atomic E-state index is -0.461. The number of rotatable bonds is 5. The molecule has 4 rings (SSSR count). The molecule has 3 aliphatic rings. The van der Waals surface area contributed by atoms with Crippen molar-refractivity contribution >= 4 is 17.9 Å². The summed E-state index contributed by atoms with van der Waals surface area (Å²) in [5.74, 6) is -0.439. The molecular formula is C17H23N5O6. The molecule has 11 nitrogen and oxygen atoms in total. The Morgan fingerprint density at radius 2 is 2.21 bits per heavy atom. The van der Waals surface area contributed by atoms with Crippen LogP contribution in [0.2, 0.25) is 0 Å². The van der Waals surface area contributed by atoms with Crippen molar-refractivity contribution in [1.29, 1.82) is 0 Å². The van der Waals surface area contributed by atoms with Crippen LogP contribution in [0.5, 0.6) is 0 Å². The molecule has 11 heteroatoms. The number of nitrogens with zero attached hydrogens (tertiary/aromatic N) is 3. The summed E-state index contributed by atoms with van der Waals surface area (Å²) in [6.07, 6.45) is -0.125. The molecule has 2 fully saturated rings. The highest BCUT2D eigenvalue weighted by Crippen LogP contribution is 2.21. The third-order valence-corrected chi connectivity index (χ3v) is 5.32. The Hall–Kier alpha value is -2.66. The molecule has 2 N–H and O–H groups in total. The van der Waals surface area contributed by atoms with Gasteiger partial charge in [-0.3, -0.25) is 19.6 Å². The molecule has 0 aliphatic carbocycles. The fourth-order valence-electron chi connectivity index (χ4n) is 3.69. The molecule has 0 aromatic carbocycles. The van der Waals surface area contributed by atoms with Crippen LogP contribution in [-0.2, 0) is 32.0 Å². The number of ether oxygens (including phenoxy) is 3. The van der Waals surface area contributed by atoms with Gasteiger partial charge in [0.2, 0.25) is 5.91 Å². The molecule has 2 saturated heterocycles. The van der Waals surface area contributed by atoms with Crippen molar-refractivity contribution in [2.45, 2.75) is 25.1 Å². The first kappa shape index (κ1) is 18.7. The maximum absolute atomic E-state index is 12.6. The molecule has 0 radical (unpaired) electrons. The Morgan fingerprint density at radius 1 is 1.36 bits per heavy atom. The van der Waals surface area contributed by atoms with Gasteiger partial charge in [0.15, 0.2) is 5.69 Å². The van der Waals surface area contributed by atoms with Gasteiger partial charge in [-0.05, 0) is 6.42 Å². The number of hydrogen-bond acceptors (Lipinski definition) is 7. The lowest BCUT2D eigenvalue weighted by Gasteiger charge is -2.28. The first-order valence-electron chi connectivity index (χ1n) is 9.23. The van der Waals surface area contributed by atoms with Gasteiger partial charge in [0.25, 0.3) is 5.91 Å². The highest BCUT2D eigenvalue weighted by Gasteiger charge is 2.33. The van der Waals surface area contributed by atoms with E-state index in [1.54, 1.807) is 12.0 Å². The first-order chi connectivity index (χ1) is 13.6. The third-order valence-electron chi connectivity index (χ3n) is 5.32. The van der Waals surface area contributed by atoms with Crippen LogP contribution in [0.25, 0.3) is 0 Å². The lowest BCUT2D eigenvalue weighted by atomic mass is 10.0. The summed E-state index contributed by atoms with van der Waals surface area (Å²) in [4.78, 5) is 39.7. The molecule has 152 valence electrons. The SMILES string of the molecule is CO[C@H]1COC[C@@H]1NC(=O)c1n[nH]c2c1CCN(C(=O)CN1CCOC1=O)C2. The van der Waals surface area contributed by atoms with Crippen LogP contribution in [0.15, 0.2) is 0 Å². The largest absolute Gasteiger partial charge is 0.448 e. The molecule has 0 spiro atoms. The molecule has 3 amide bonds. The van der Waals surface area contributed by atoms with E-state index < -0.39 is 6.09 Å². The Balaban J connectivity index is 1.38. The lowest BCUT2D eigenvalue weighted by molar-refractivity contribution is -0.132. The van der Waals surface area contributed by atoms with E-state index in [2.05, 4.69) is 15.5 Å². The van der Waals surface area contributed by atoms with Gasteiger partial charge >= 0.3 is 6.09 Å². The van der Waals surface area contributed by atoms with E-state index in [1.807, 2.05) is 0 Å². The van der Waals surface area contributed by atoms with Crippen LogP contribution in [0.1, 0.15) is 21.7 Å². The fourth-order valence-corrected chi connectivity index (χ4v) is 3.69. The van der Waals surface area contributed by atoms with Crippen LogP contribution >= 0.6 is 0 Å². The summed E-state index contributed by atoms with van der Waals surface area (Å²) < 4.78 is 15.5. The highest BCUT2D eigenvalue weighted by molar-refractivity contribution is 5.94. The topological polar surface area (TPSA) is 126 Å². The number of carbonyl (C=O) groups excluding carboxylic acids is 3. The Labute approximate surface area is 161 Å². The molecule has 0 saturated carbocycles. The van der Waals surface area contributed by atoms with E-state index in [-0.39, 0.29) is 30.5 Å². The van der Waals surface area contributed by atoms with Gasteiger partial charge in [-0.1, -0.05) is 0 Å². The number of cyclic esters (lactones) is 1. The summed E-state index contributed by atoms with van der Waals surface area (Å²) in [5, 5.41) is 9.94. The van der Waals surface area contributed by atoms with E-state index in [0.29, 0.717) is 51.6 Å². The number of H-pyrrole nitrogens is 1. The molecule has 1 aromatic heterocycles. The number of carbonyl (C=O) groups is 3. The van der Waals surface area contributed by atoms with Crippen molar-refractivity contribution in [3.63, 3.8) is 0 Å². The van der Waals surface area contributed by atoms with Crippen molar-refractivity contribution < 1.29 is 28.6 Å². The molecule has 0 bridgehead atoms. The Bertz CT molecular complexity index is 780. The molecule has 3 aliphatic heterocycles. The molecule has 0 unspecified atom stereocenters. The second-order valence-corrected chi connectivity index (χ2v) is 7.02. The molecule has 4 heterocycles. The zero-order valence-electron chi connectivity index (χ0n) is 15.6. The Morgan fingerprint density at radius 3 is 2.96 bits per heavy atom. The number of aromatic amines is 1. The van der Waals surface area contributed by atoms with Crippen LogP contribution in [0, 0.1) is 0 Å². The van der Waals surface area contributed by atoms with E-state index in [4.69, 9.17) is 14.2 Å².